The zero-order valence-electron chi connectivity index (χ0n) is 26.0. The lowest BCUT2D eigenvalue weighted by atomic mass is 9.64. The minimum absolute atomic E-state index is 0.597. The van der Waals surface area contributed by atoms with Crippen molar-refractivity contribution in [3.8, 4) is 29.1 Å². The van der Waals surface area contributed by atoms with Gasteiger partial charge in [-0.25, -0.2) is 4.98 Å². The van der Waals surface area contributed by atoms with Crippen LogP contribution in [0.2, 0.25) is 0 Å². The third-order valence-electron chi connectivity index (χ3n) is 10.1. The summed E-state index contributed by atoms with van der Waals surface area (Å²) in [6.45, 7) is 0. The van der Waals surface area contributed by atoms with Crippen LogP contribution in [0.3, 0.4) is 0 Å². The Bertz CT molecular complexity index is 2610. The van der Waals surface area contributed by atoms with E-state index in [0.29, 0.717) is 11.1 Å². The lowest BCUT2D eigenvalue weighted by Crippen LogP contribution is -2.36. The van der Waals surface area contributed by atoms with E-state index in [2.05, 4.69) is 130 Å². The topological polar surface area (TPSA) is 81.5 Å². The summed E-state index contributed by atoms with van der Waals surface area (Å²) in [5, 5.41) is 22.3. The fourth-order valence-corrected chi connectivity index (χ4v) is 8.26. The Balaban J connectivity index is 1.27. The van der Waals surface area contributed by atoms with E-state index in [-0.39, 0.29) is 0 Å². The highest BCUT2D eigenvalue weighted by atomic mass is 15.2. The van der Waals surface area contributed by atoms with E-state index in [4.69, 9.17) is 4.98 Å². The van der Waals surface area contributed by atoms with Crippen molar-refractivity contribution in [3.05, 3.63) is 179 Å². The first kappa shape index (κ1) is 27.1. The number of hydrogen-bond acceptors (Lipinski definition) is 5. The third-order valence-corrected chi connectivity index (χ3v) is 10.1. The molecule has 0 fully saturated rings. The maximum Gasteiger partial charge on any atom is 0.140 e. The molecule has 0 saturated carbocycles. The van der Waals surface area contributed by atoms with Crippen LogP contribution in [0, 0.1) is 22.7 Å². The standard InChI is InChI=1S/C43H24N6/c44-24-27-16-18-29-30-19-17-28(25-45)23-36(30)43(35(29)22-27)33-9-2-5-12-39(33)49(40-13-6-3-10-34(40)43)42-15-7-14-41(47-42)48-37-11-4-1-8-31(37)32-26-46-21-20-38(32)48/h1-23,26H. The maximum atomic E-state index is 10.1. The van der Waals surface area contributed by atoms with E-state index < -0.39 is 5.41 Å². The molecule has 0 N–H and O–H groups in total. The normalized spacial score (nSPS) is 13.4. The number of hydrogen-bond donors (Lipinski definition) is 0. The van der Waals surface area contributed by atoms with Gasteiger partial charge >= 0.3 is 0 Å². The van der Waals surface area contributed by atoms with Crippen LogP contribution in [0.25, 0.3) is 38.8 Å². The SMILES string of the molecule is N#Cc1ccc2c(c1)C1(c3cc(C#N)ccc3-2)c2ccccc2N(c2cccc(-n3c4ccccc4c4cnccc43)n2)c2ccccc21. The lowest BCUT2D eigenvalue weighted by molar-refractivity contribution is 0.750. The van der Waals surface area contributed by atoms with Gasteiger partial charge in [0.25, 0.3) is 0 Å². The molecular formula is C43H24N6. The Labute approximate surface area is 282 Å². The molecule has 0 amide bonds. The summed E-state index contributed by atoms with van der Waals surface area (Å²) in [5.41, 5.74) is 10.9. The van der Waals surface area contributed by atoms with Crippen molar-refractivity contribution in [2.24, 2.45) is 0 Å². The highest BCUT2D eigenvalue weighted by Gasteiger charge is 2.52. The van der Waals surface area contributed by atoms with Gasteiger partial charge < -0.3 is 0 Å². The van der Waals surface area contributed by atoms with Gasteiger partial charge in [-0.15, -0.1) is 0 Å². The summed E-state index contributed by atoms with van der Waals surface area (Å²) in [7, 11) is 0. The number of fused-ring (bicyclic) bond motifs is 12. The van der Waals surface area contributed by atoms with Gasteiger partial charge in [-0.3, -0.25) is 14.5 Å². The van der Waals surface area contributed by atoms with Crippen molar-refractivity contribution in [1.82, 2.24) is 14.5 Å². The molecule has 1 aliphatic heterocycles. The summed E-state index contributed by atoms with van der Waals surface area (Å²) in [5.74, 6) is 1.58. The molecule has 8 aromatic rings. The molecule has 10 rings (SSSR count). The molecular weight excluding hydrogens is 601 g/mol. The molecule has 0 bridgehead atoms. The van der Waals surface area contributed by atoms with Gasteiger partial charge in [-0.1, -0.05) is 72.8 Å². The predicted octanol–water partition coefficient (Wildman–Crippen LogP) is 9.46. The molecule has 1 aliphatic carbocycles. The molecule has 0 unspecified atom stereocenters. The quantitative estimate of drug-likeness (QED) is 0.191. The fourth-order valence-electron chi connectivity index (χ4n) is 8.26. The number of pyridine rings is 2. The number of nitriles is 2. The van der Waals surface area contributed by atoms with Gasteiger partial charge in [0.05, 0.1) is 51.1 Å². The van der Waals surface area contributed by atoms with Crippen molar-refractivity contribution in [2.75, 3.05) is 4.90 Å². The number of nitrogens with zero attached hydrogens (tertiary/aromatic N) is 6. The van der Waals surface area contributed by atoms with Crippen LogP contribution in [-0.4, -0.2) is 14.5 Å². The molecule has 3 aromatic heterocycles. The van der Waals surface area contributed by atoms with Crippen molar-refractivity contribution in [2.45, 2.75) is 5.41 Å². The Morgan fingerprint density at radius 3 is 1.80 bits per heavy atom. The Morgan fingerprint density at radius 1 is 0.531 bits per heavy atom. The number of aromatic nitrogens is 3. The molecule has 0 radical (unpaired) electrons. The number of rotatable bonds is 2. The van der Waals surface area contributed by atoms with Crippen molar-refractivity contribution in [3.63, 3.8) is 0 Å². The molecule has 4 heterocycles. The van der Waals surface area contributed by atoms with E-state index in [1.807, 2.05) is 42.7 Å². The minimum Gasteiger partial charge on any atom is -0.294 e. The van der Waals surface area contributed by atoms with Crippen molar-refractivity contribution >= 4 is 39.0 Å². The van der Waals surface area contributed by atoms with E-state index >= 15 is 0 Å². The number of para-hydroxylation sites is 3. The van der Waals surface area contributed by atoms with Crippen LogP contribution in [0.4, 0.5) is 17.2 Å². The van der Waals surface area contributed by atoms with E-state index in [9.17, 15) is 10.5 Å². The average Bonchev–Trinajstić information content (AvgIpc) is 3.65. The number of benzene rings is 5. The molecule has 49 heavy (non-hydrogen) atoms. The Morgan fingerprint density at radius 2 is 1.12 bits per heavy atom. The predicted molar refractivity (Wildman–Crippen MR) is 191 cm³/mol. The summed E-state index contributed by atoms with van der Waals surface area (Å²) in [4.78, 5) is 12.0. The Kier molecular flexibility index (Phi) is 5.53. The zero-order chi connectivity index (χ0) is 32.7. The second kappa shape index (κ2) is 9.99. The van der Waals surface area contributed by atoms with Gasteiger partial charge in [0.1, 0.15) is 11.6 Å². The van der Waals surface area contributed by atoms with Crippen molar-refractivity contribution in [1.29, 1.82) is 10.5 Å². The van der Waals surface area contributed by atoms with Gasteiger partial charge in [0.2, 0.25) is 0 Å². The van der Waals surface area contributed by atoms with Crippen LogP contribution in [-0.2, 0) is 5.41 Å². The van der Waals surface area contributed by atoms with E-state index in [1.165, 1.54) is 0 Å². The minimum atomic E-state index is -0.758. The monoisotopic (exact) mass is 624 g/mol. The molecule has 6 heteroatoms. The largest absolute Gasteiger partial charge is 0.294 e. The summed E-state index contributed by atoms with van der Waals surface area (Å²) >= 11 is 0. The summed E-state index contributed by atoms with van der Waals surface area (Å²) in [6, 6.07) is 50.2. The highest BCUT2D eigenvalue weighted by Crippen LogP contribution is 2.63. The van der Waals surface area contributed by atoms with Crippen LogP contribution in [0.1, 0.15) is 33.4 Å². The first-order valence-corrected chi connectivity index (χ1v) is 16.1. The number of anilines is 3. The van der Waals surface area contributed by atoms with Gasteiger partial charge in [0.15, 0.2) is 0 Å². The van der Waals surface area contributed by atoms with Crippen LogP contribution >= 0.6 is 0 Å². The van der Waals surface area contributed by atoms with Crippen molar-refractivity contribution < 1.29 is 0 Å². The molecule has 226 valence electrons. The smallest absolute Gasteiger partial charge is 0.140 e. The molecule has 2 aliphatic rings. The summed E-state index contributed by atoms with van der Waals surface area (Å²) in [6.07, 6.45) is 3.74. The van der Waals surface area contributed by atoms with Gasteiger partial charge in [-0.05, 0) is 94.0 Å². The van der Waals surface area contributed by atoms with E-state index in [0.717, 1.165) is 78.2 Å². The average molecular weight is 625 g/mol. The molecule has 5 aromatic carbocycles. The van der Waals surface area contributed by atoms with Crippen LogP contribution < -0.4 is 4.90 Å². The molecule has 1 spiro atoms. The first-order valence-electron chi connectivity index (χ1n) is 16.1. The summed E-state index contributed by atoms with van der Waals surface area (Å²) < 4.78 is 2.20. The first-order chi connectivity index (χ1) is 24.2. The third kappa shape index (κ3) is 3.52. The molecule has 6 nitrogen and oxygen atoms in total. The lowest BCUT2D eigenvalue weighted by Gasteiger charge is -2.44. The maximum absolute atomic E-state index is 10.1. The van der Waals surface area contributed by atoms with Crippen LogP contribution in [0.15, 0.2) is 146 Å². The second-order valence-electron chi connectivity index (χ2n) is 12.5. The fraction of sp³-hybridized carbons (Fsp3) is 0.0233. The van der Waals surface area contributed by atoms with Gasteiger partial charge in [0, 0.05) is 23.2 Å². The van der Waals surface area contributed by atoms with E-state index in [1.54, 1.807) is 0 Å². The molecule has 0 saturated heterocycles. The van der Waals surface area contributed by atoms with Gasteiger partial charge in [-0.2, -0.15) is 10.5 Å². The highest BCUT2D eigenvalue weighted by molar-refractivity contribution is 6.08. The van der Waals surface area contributed by atoms with Crippen LogP contribution in [0.5, 0.6) is 0 Å². The Hall–Kier alpha value is -7.02. The second-order valence-corrected chi connectivity index (χ2v) is 12.5. The zero-order valence-corrected chi connectivity index (χ0v) is 26.0. The molecule has 0 atom stereocenters.